The Labute approximate surface area is 95.1 Å². The molecule has 3 nitrogen and oxygen atoms in total. The van der Waals surface area contributed by atoms with Crippen LogP contribution in [0.15, 0.2) is 42.7 Å². The molecule has 0 saturated heterocycles. The van der Waals surface area contributed by atoms with Crippen LogP contribution in [0, 0.1) is 0 Å². The lowest BCUT2D eigenvalue weighted by molar-refractivity contribution is 0.318. The van der Waals surface area contributed by atoms with Crippen LogP contribution >= 0.6 is 0 Å². The highest BCUT2D eigenvalue weighted by molar-refractivity contribution is 5.69. The molecule has 0 aliphatic carbocycles. The van der Waals surface area contributed by atoms with E-state index in [0.29, 0.717) is 0 Å². The Morgan fingerprint density at radius 2 is 2.00 bits per heavy atom. The van der Waals surface area contributed by atoms with Crippen molar-refractivity contribution in [3.8, 4) is 16.9 Å². The van der Waals surface area contributed by atoms with Crippen molar-refractivity contribution in [1.29, 1.82) is 0 Å². The number of rotatable bonds is 4. The fraction of sp³-hybridized carbons (Fsp3) is 0.231. The predicted molar refractivity (Wildman–Crippen MR) is 63.3 cm³/mol. The monoisotopic (exact) mass is 214 g/mol. The second-order valence-corrected chi connectivity index (χ2v) is 3.48. The van der Waals surface area contributed by atoms with Gasteiger partial charge in [0.2, 0.25) is 0 Å². The Bertz CT molecular complexity index is 443. The van der Waals surface area contributed by atoms with Crippen molar-refractivity contribution in [3.63, 3.8) is 0 Å². The van der Waals surface area contributed by atoms with Gasteiger partial charge in [-0.1, -0.05) is 25.1 Å². The van der Waals surface area contributed by atoms with Gasteiger partial charge in [-0.25, -0.2) is 0 Å². The number of ether oxygens (including phenoxy) is 1. The number of nitrogens with zero attached hydrogens (tertiary/aromatic N) is 2. The standard InChI is InChI=1S/C13H14N2O/c1-2-9-16-13-6-4-3-5-12(13)11-7-8-14-15-10-11/h3-8,10H,2,9H2,1H3. The Kier molecular flexibility index (Phi) is 3.49. The van der Waals surface area contributed by atoms with Crippen LogP contribution in [0.5, 0.6) is 5.75 Å². The van der Waals surface area contributed by atoms with E-state index < -0.39 is 0 Å². The van der Waals surface area contributed by atoms with Gasteiger partial charge in [-0.05, 0) is 18.6 Å². The van der Waals surface area contributed by atoms with Gasteiger partial charge in [-0.3, -0.25) is 0 Å². The molecule has 0 amide bonds. The lowest BCUT2D eigenvalue weighted by Gasteiger charge is -2.10. The summed E-state index contributed by atoms with van der Waals surface area (Å²) in [6.07, 6.45) is 4.43. The van der Waals surface area contributed by atoms with Gasteiger partial charge >= 0.3 is 0 Å². The number of aromatic nitrogens is 2. The fourth-order valence-electron chi connectivity index (χ4n) is 1.49. The second-order valence-electron chi connectivity index (χ2n) is 3.48. The third kappa shape index (κ3) is 2.37. The summed E-state index contributed by atoms with van der Waals surface area (Å²) in [6.45, 7) is 2.83. The maximum absolute atomic E-state index is 5.69. The lowest BCUT2D eigenvalue weighted by Crippen LogP contribution is -1.96. The van der Waals surface area contributed by atoms with Crippen LogP contribution in [0.4, 0.5) is 0 Å². The SMILES string of the molecule is CCCOc1ccccc1-c1ccnnc1. The summed E-state index contributed by atoms with van der Waals surface area (Å²) < 4.78 is 5.69. The van der Waals surface area contributed by atoms with Crippen molar-refractivity contribution >= 4 is 0 Å². The Hall–Kier alpha value is -1.90. The van der Waals surface area contributed by atoms with Crippen molar-refractivity contribution in [2.45, 2.75) is 13.3 Å². The average Bonchev–Trinajstić information content (AvgIpc) is 2.38. The first-order chi connectivity index (χ1) is 7.92. The molecule has 16 heavy (non-hydrogen) atoms. The molecule has 0 saturated carbocycles. The first-order valence-electron chi connectivity index (χ1n) is 5.40. The molecule has 1 heterocycles. The summed E-state index contributed by atoms with van der Waals surface area (Å²) in [5, 5.41) is 7.65. The molecule has 0 unspecified atom stereocenters. The van der Waals surface area contributed by atoms with Gasteiger partial charge in [0.25, 0.3) is 0 Å². The quantitative estimate of drug-likeness (QED) is 0.784. The predicted octanol–water partition coefficient (Wildman–Crippen LogP) is 2.93. The first-order valence-corrected chi connectivity index (χ1v) is 5.40. The van der Waals surface area contributed by atoms with Crippen LogP contribution in [-0.2, 0) is 0 Å². The van der Waals surface area contributed by atoms with Crippen LogP contribution in [-0.4, -0.2) is 16.8 Å². The van der Waals surface area contributed by atoms with Gasteiger partial charge in [0.15, 0.2) is 0 Å². The molecule has 0 bridgehead atoms. The molecule has 0 aliphatic rings. The van der Waals surface area contributed by atoms with Crippen molar-refractivity contribution < 1.29 is 4.74 Å². The topological polar surface area (TPSA) is 35.0 Å². The summed E-state index contributed by atoms with van der Waals surface area (Å²) in [4.78, 5) is 0. The molecule has 1 aromatic heterocycles. The molecule has 0 atom stereocenters. The van der Waals surface area contributed by atoms with Crippen LogP contribution < -0.4 is 4.74 Å². The minimum absolute atomic E-state index is 0.732. The Morgan fingerprint density at radius 1 is 1.12 bits per heavy atom. The zero-order chi connectivity index (χ0) is 11.2. The van der Waals surface area contributed by atoms with Crippen molar-refractivity contribution in [3.05, 3.63) is 42.7 Å². The van der Waals surface area contributed by atoms with E-state index in [2.05, 4.69) is 17.1 Å². The van der Waals surface area contributed by atoms with Gasteiger partial charge < -0.3 is 4.74 Å². The fourth-order valence-corrected chi connectivity index (χ4v) is 1.49. The van der Waals surface area contributed by atoms with Crippen molar-refractivity contribution in [2.24, 2.45) is 0 Å². The second kappa shape index (κ2) is 5.26. The van der Waals surface area contributed by atoms with E-state index in [1.807, 2.05) is 30.3 Å². The Morgan fingerprint density at radius 3 is 2.75 bits per heavy atom. The lowest BCUT2D eigenvalue weighted by atomic mass is 10.1. The summed E-state index contributed by atoms with van der Waals surface area (Å²) in [7, 11) is 0. The maximum atomic E-state index is 5.69. The molecule has 1 aromatic carbocycles. The molecule has 2 aromatic rings. The van der Waals surface area contributed by atoms with Crippen LogP contribution in [0.1, 0.15) is 13.3 Å². The zero-order valence-corrected chi connectivity index (χ0v) is 9.26. The zero-order valence-electron chi connectivity index (χ0n) is 9.26. The van der Waals surface area contributed by atoms with E-state index in [-0.39, 0.29) is 0 Å². The number of para-hydroxylation sites is 1. The highest BCUT2D eigenvalue weighted by atomic mass is 16.5. The van der Waals surface area contributed by atoms with Crippen LogP contribution in [0.3, 0.4) is 0 Å². The number of benzene rings is 1. The van der Waals surface area contributed by atoms with Crippen molar-refractivity contribution in [2.75, 3.05) is 6.61 Å². The smallest absolute Gasteiger partial charge is 0.127 e. The summed E-state index contributed by atoms with van der Waals surface area (Å²) in [6, 6.07) is 9.91. The van der Waals surface area contributed by atoms with E-state index in [0.717, 1.165) is 29.9 Å². The largest absolute Gasteiger partial charge is 0.493 e. The highest BCUT2D eigenvalue weighted by Crippen LogP contribution is 2.28. The molecular weight excluding hydrogens is 200 g/mol. The van der Waals surface area contributed by atoms with E-state index in [1.165, 1.54) is 0 Å². The van der Waals surface area contributed by atoms with Gasteiger partial charge in [-0.2, -0.15) is 10.2 Å². The molecule has 82 valence electrons. The van der Waals surface area contributed by atoms with E-state index in [4.69, 9.17) is 4.74 Å². The van der Waals surface area contributed by atoms with Crippen LogP contribution in [0.2, 0.25) is 0 Å². The minimum Gasteiger partial charge on any atom is -0.493 e. The third-order valence-corrected chi connectivity index (χ3v) is 2.24. The van der Waals surface area contributed by atoms with Gasteiger partial charge in [0.1, 0.15) is 5.75 Å². The molecule has 0 spiro atoms. The van der Waals surface area contributed by atoms with E-state index in [1.54, 1.807) is 12.4 Å². The van der Waals surface area contributed by atoms with Crippen LogP contribution in [0.25, 0.3) is 11.1 Å². The van der Waals surface area contributed by atoms with Gasteiger partial charge in [0, 0.05) is 11.1 Å². The summed E-state index contributed by atoms with van der Waals surface area (Å²) >= 11 is 0. The molecule has 0 fully saturated rings. The van der Waals surface area contributed by atoms with Crippen molar-refractivity contribution in [1.82, 2.24) is 10.2 Å². The first kappa shape index (κ1) is 10.6. The molecule has 2 rings (SSSR count). The van der Waals surface area contributed by atoms with Gasteiger partial charge in [0.05, 0.1) is 19.0 Å². The molecule has 0 N–H and O–H groups in total. The number of hydrogen-bond donors (Lipinski definition) is 0. The van der Waals surface area contributed by atoms with E-state index >= 15 is 0 Å². The summed E-state index contributed by atoms with van der Waals surface area (Å²) in [5.41, 5.74) is 2.09. The van der Waals surface area contributed by atoms with E-state index in [9.17, 15) is 0 Å². The molecular formula is C13H14N2O. The number of hydrogen-bond acceptors (Lipinski definition) is 3. The molecule has 3 heteroatoms. The Balaban J connectivity index is 2.33. The molecule has 0 aliphatic heterocycles. The minimum atomic E-state index is 0.732. The van der Waals surface area contributed by atoms with Gasteiger partial charge in [-0.15, -0.1) is 0 Å². The molecule has 0 radical (unpaired) electrons. The highest BCUT2D eigenvalue weighted by Gasteiger charge is 2.04. The maximum Gasteiger partial charge on any atom is 0.127 e. The summed E-state index contributed by atoms with van der Waals surface area (Å²) in [5.74, 6) is 0.900. The average molecular weight is 214 g/mol. The normalized spacial score (nSPS) is 10.1. The third-order valence-electron chi connectivity index (χ3n) is 2.24.